The highest BCUT2D eigenvalue weighted by Crippen LogP contribution is 2.33. The van der Waals surface area contributed by atoms with Crippen LogP contribution in [0, 0.1) is 0 Å². The molecule has 4 rings (SSSR count). The van der Waals surface area contributed by atoms with Crippen LogP contribution in [0.1, 0.15) is 48.5 Å². The number of carbonyl (C=O) groups excluding carboxylic acids is 1. The monoisotopic (exact) mass is 412 g/mol. The van der Waals surface area contributed by atoms with Crippen molar-refractivity contribution in [2.45, 2.75) is 45.3 Å². The van der Waals surface area contributed by atoms with Gasteiger partial charge < -0.3 is 19.4 Å². The number of likely N-dealkylation sites (tertiary alicyclic amines) is 1. The van der Waals surface area contributed by atoms with Gasteiger partial charge in [0.1, 0.15) is 5.82 Å². The Morgan fingerprint density at radius 2 is 2.03 bits per heavy atom. The molecule has 0 spiro atoms. The normalized spacial score (nSPS) is 18.9. The number of H-pyrrole nitrogens is 1. The number of hydrogen-bond acceptors (Lipinski definition) is 6. The van der Waals surface area contributed by atoms with Gasteiger partial charge in [-0.05, 0) is 43.5 Å². The Kier molecular flexibility index (Phi) is 5.76. The summed E-state index contributed by atoms with van der Waals surface area (Å²) >= 11 is 0. The second-order valence-corrected chi connectivity index (χ2v) is 7.88. The summed E-state index contributed by atoms with van der Waals surface area (Å²) in [5.74, 6) is 2.12. The third-order valence-electron chi connectivity index (χ3n) is 6.05. The largest absolute Gasteiger partial charge is 0.493 e. The fraction of sp³-hybridized carbons (Fsp3) is 0.500. The van der Waals surface area contributed by atoms with Crippen LogP contribution >= 0.6 is 0 Å². The number of hydrogen-bond donors (Lipinski definition) is 1. The number of nitrogens with zero attached hydrogens (tertiary/aromatic N) is 3. The van der Waals surface area contributed by atoms with E-state index in [2.05, 4.69) is 9.88 Å². The standard InChI is InChI=1S/C22H28N4O4/c1-14(27)25-10-8-16-17(13-25)23-21(24-22(16)28)18-5-4-9-26(18)12-15-6-7-19(29-2)20(11-15)30-3/h6-7,11,18H,4-5,8-10,12-13H2,1-3H3,(H,23,24,28)/t18-/m1/s1. The van der Waals surface area contributed by atoms with Crippen molar-refractivity contribution in [2.75, 3.05) is 27.3 Å². The molecule has 160 valence electrons. The van der Waals surface area contributed by atoms with Crippen molar-refractivity contribution in [3.63, 3.8) is 0 Å². The van der Waals surface area contributed by atoms with Gasteiger partial charge in [0.2, 0.25) is 5.91 Å². The predicted molar refractivity (Wildman–Crippen MR) is 112 cm³/mol. The first-order valence-corrected chi connectivity index (χ1v) is 10.3. The lowest BCUT2D eigenvalue weighted by atomic mass is 10.1. The van der Waals surface area contributed by atoms with E-state index in [1.165, 1.54) is 0 Å². The zero-order valence-electron chi connectivity index (χ0n) is 17.7. The first-order chi connectivity index (χ1) is 14.5. The average Bonchev–Trinajstić information content (AvgIpc) is 3.21. The number of ether oxygens (including phenoxy) is 2. The van der Waals surface area contributed by atoms with Crippen molar-refractivity contribution in [3.8, 4) is 11.5 Å². The number of carbonyl (C=O) groups is 1. The number of aromatic nitrogens is 2. The van der Waals surface area contributed by atoms with E-state index in [1.807, 2.05) is 18.2 Å². The summed E-state index contributed by atoms with van der Waals surface area (Å²) in [6.07, 6.45) is 2.53. The van der Waals surface area contributed by atoms with Crippen LogP contribution in [0.15, 0.2) is 23.0 Å². The van der Waals surface area contributed by atoms with Crippen molar-refractivity contribution in [1.29, 1.82) is 0 Å². The molecule has 0 radical (unpaired) electrons. The minimum absolute atomic E-state index is 0.0141. The summed E-state index contributed by atoms with van der Waals surface area (Å²) in [7, 11) is 3.26. The topological polar surface area (TPSA) is 87.8 Å². The van der Waals surface area contributed by atoms with Crippen molar-refractivity contribution < 1.29 is 14.3 Å². The maximum atomic E-state index is 12.7. The fourth-order valence-electron chi connectivity index (χ4n) is 4.42. The summed E-state index contributed by atoms with van der Waals surface area (Å²) in [4.78, 5) is 36.4. The third kappa shape index (κ3) is 3.92. The maximum Gasteiger partial charge on any atom is 0.254 e. The lowest BCUT2D eigenvalue weighted by molar-refractivity contribution is -0.129. The molecule has 0 unspecified atom stereocenters. The van der Waals surface area contributed by atoms with Gasteiger partial charge in [0.15, 0.2) is 11.5 Å². The summed E-state index contributed by atoms with van der Waals surface area (Å²) in [6.45, 7) is 4.19. The van der Waals surface area contributed by atoms with E-state index in [9.17, 15) is 9.59 Å². The molecular formula is C22H28N4O4. The zero-order chi connectivity index (χ0) is 21.3. The Labute approximate surface area is 175 Å². The first kappa shape index (κ1) is 20.4. The molecule has 2 aliphatic heterocycles. The lowest BCUT2D eigenvalue weighted by Gasteiger charge is -2.28. The minimum Gasteiger partial charge on any atom is -0.493 e. The van der Waals surface area contributed by atoms with Gasteiger partial charge in [0.25, 0.3) is 5.56 Å². The third-order valence-corrected chi connectivity index (χ3v) is 6.05. The highest BCUT2D eigenvalue weighted by atomic mass is 16.5. The number of amides is 1. The molecule has 1 fully saturated rings. The highest BCUT2D eigenvalue weighted by Gasteiger charge is 2.30. The molecule has 0 saturated carbocycles. The van der Waals surface area contributed by atoms with Crippen LogP contribution in [0.3, 0.4) is 0 Å². The molecule has 8 heteroatoms. The molecule has 0 bridgehead atoms. The van der Waals surface area contributed by atoms with Crippen LogP contribution < -0.4 is 15.0 Å². The van der Waals surface area contributed by atoms with Crippen molar-refractivity contribution in [1.82, 2.24) is 19.8 Å². The molecule has 1 aromatic heterocycles. The second kappa shape index (κ2) is 8.47. The number of aromatic amines is 1. The quantitative estimate of drug-likeness (QED) is 0.809. The molecule has 1 atom stereocenters. The molecule has 1 N–H and O–H groups in total. The van der Waals surface area contributed by atoms with Crippen LogP contribution in [0.4, 0.5) is 0 Å². The van der Waals surface area contributed by atoms with Gasteiger partial charge in [0, 0.05) is 25.6 Å². The van der Waals surface area contributed by atoms with Crippen molar-refractivity contribution in [3.05, 3.63) is 51.2 Å². The minimum atomic E-state index is -0.0730. The van der Waals surface area contributed by atoms with Gasteiger partial charge in [-0.15, -0.1) is 0 Å². The van der Waals surface area contributed by atoms with E-state index in [1.54, 1.807) is 26.0 Å². The van der Waals surface area contributed by atoms with Crippen molar-refractivity contribution in [2.24, 2.45) is 0 Å². The number of rotatable bonds is 5. The number of benzene rings is 1. The van der Waals surface area contributed by atoms with Gasteiger partial charge in [-0.3, -0.25) is 14.5 Å². The summed E-state index contributed by atoms with van der Waals surface area (Å²) in [5, 5.41) is 0. The van der Waals surface area contributed by atoms with E-state index in [4.69, 9.17) is 14.5 Å². The lowest BCUT2D eigenvalue weighted by Crippen LogP contribution is -2.39. The van der Waals surface area contributed by atoms with Gasteiger partial charge in [0.05, 0.1) is 32.5 Å². The summed E-state index contributed by atoms with van der Waals surface area (Å²) in [5.41, 5.74) is 2.48. The molecule has 2 aromatic rings. The molecule has 8 nitrogen and oxygen atoms in total. The number of fused-ring (bicyclic) bond motifs is 1. The zero-order valence-corrected chi connectivity index (χ0v) is 17.7. The Hall–Kier alpha value is -2.87. The Morgan fingerprint density at radius 1 is 1.23 bits per heavy atom. The Balaban J connectivity index is 1.58. The average molecular weight is 412 g/mol. The van der Waals surface area contributed by atoms with E-state index in [-0.39, 0.29) is 17.5 Å². The smallest absolute Gasteiger partial charge is 0.254 e. The predicted octanol–water partition coefficient (Wildman–Crippen LogP) is 2.03. The SMILES string of the molecule is COc1ccc(CN2CCC[C@@H]2c2nc3c(c(=O)[nH]2)CCN(C(C)=O)C3)cc1OC. The maximum absolute atomic E-state index is 12.7. The van der Waals surface area contributed by atoms with Gasteiger partial charge in [-0.1, -0.05) is 6.07 Å². The molecule has 2 aliphatic rings. The van der Waals surface area contributed by atoms with Crippen LogP contribution in [0.25, 0.3) is 0 Å². The highest BCUT2D eigenvalue weighted by molar-refractivity contribution is 5.73. The van der Waals surface area contributed by atoms with Crippen LogP contribution in [-0.2, 0) is 24.3 Å². The molecular weight excluding hydrogens is 384 g/mol. The van der Waals surface area contributed by atoms with Gasteiger partial charge >= 0.3 is 0 Å². The van der Waals surface area contributed by atoms with Gasteiger partial charge in [-0.25, -0.2) is 4.98 Å². The van der Waals surface area contributed by atoms with E-state index in [0.717, 1.165) is 37.2 Å². The molecule has 30 heavy (non-hydrogen) atoms. The number of nitrogens with one attached hydrogen (secondary N) is 1. The second-order valence-electron chi connectivity index (χ2n) is 7.88. The summed E-state index contributed by atoms with van der Waals surface area (Å²) in [6, 6.07) is 5.98. The molecule has 1 amide bonds. The Morgan fingerprint density at radius 3 is 2.77 bits per heavy atom. The summed E-state index contributed by atoms with van der Waals surface area (Å²) < 4.78 is 10.8. The van der Waals surface area contributed by atoms with Crippen molar-refractivity contribution >= 4 is 5.91 Å². The van der Waals surface area contributed by atoms with Crippen LogP contribution in [-0.4, -0.2) is 53.0 Å². The van der Waals surface area contributed by atoms with E-state index >= 15 is 0 Å². The fourth-order valence-corrected chi connectivity index (χ4v) is 4.42. The first-order valence-electron chi connectivity index (χ1n) is 10.3. The van der Waals surface area contributed by atoms with Gasteiger partial charge in [-0.2, -0.15) is 0 Å². The Bertz CT molecular complexity index is 1000. The van der Waals surface area contributed by atoms with E-state index in [0.29, 0.717) is 42.4 Å². The number of methoxy groups -OCH3 is 2. The molecule has 3 heterocycles. The molecule has 1 aromatic carbocycles. The van der Waals surface area contributed by atoms with E-state index < -0.39 is 0 Å². The van der Waals surface area contributed by atoms with Crippen LogP contribution in [0.2, 0.25) is 0 Å². The van der Waals surface area contributed by atoms with Crippen LogP contribution in [0.5, 0.6) is 11.5 Å². The molecule has 0 aliphatic carbocycles. The molecule has 1 saturated heterocycles.